The Labute approximate surface area is 125 Å². The summed E-state index contributed by atoms with van der Waals surface area (Å²) in [7, 11) is 0. The zero-order valence-electron chi connectivity index (χ0n) is 12.0. The number of amides is 1. The SMILES string of the molecule is CC1(C(=O)O)CCN(C(=O)c2n[nH]c(=O)c3ccccc23)C1. The number of carbonyl (C=O) groups is 2. The zero-order valence-corrected chi connectivity index (χ0v) is 12.0. The molecule has 114 valence electrons. The minimum absolute atomic E-state index is 0.135. The van der Waals surface area contributed by atoms with Crippen molar-refractivity contribution in [2.45, 2.75) is 13.3 Å². The fourth-order valence-corrected chi connectivity index (χ4v) is 2.74. The van der Waals surface area contributed by atoms with Crippen LogP contribution < -0.4 is 5.56 Å². The molecule has 0 spiro atoms. The standard InChI is InChI=1S/C15H15N3O4/c1-15(14(21)22)6-7-18(8-15)13(20)11-9-4-2-3-5-10(9)12(19)17-16-11/h2-5H,6-8H2,1H3,(H,17,19)(H,21,22). The van der Waals surface area contributed by atoms with Gasteiger partial charge in [0.05, 0.1) is 10.8 Å². The normalized spacial score (nSPS) is 21.2. The molecule has 1 aromatic carbocycles. The molecular weight excluding hydrogens is 286 g/mol. The van der Waals surface area contributed by atoms with Gasteiger partial charge in [0.1, 0.15) is 0 Å². The molecule has 0 saturated carbocycles. The number of rotatable bonds is 2. The summed E-state index contributed by atoms with van der Waals surface area (Å²) in [6.45, 7) is 2.12. The van der Waals surface area contributed by atoms with Gasteiger partial charge in [0.25, 0.3) is 11.5 Å². The molecule has 1 saturated heterocycles. The lowest BCUT2D eigenvalue weighted by Crippen LogP contribution is -2.35. The number of hydrogen-bond donors (Lipinski definition) is 2. The molecule has 0 bridgehead atoms. The van der Waals surface area contributed by atoms with E-state index in [1.54, 1.807) is 31.2 Å². The van der Waals surface area contributed by atoms with E-state index in [0.29, 0.717) is 23.7 Å². The monoisotopic (exact) mass is 301 g/mol. The molecule has 0 radical (unpaired) electrons. The van der Waals surface area contributed by atoms with Crippen molar-refractivity contribution < 1.29 is 14.7 Å². The summed E-state index contributed by atoms with van der Waals surface area (Å²) in [5, 5.41) is 16.3. The first kappa shape index (κ1) is 14.2. The summed E-state index contributed by atoms with van der Waals surface area (Å²) < 4.78 is 0. The Kier molecular flexibility index (Phi) is 3.20. The molecule has 3 rings (SSSR count). The summed E-state index contributed by atoms with van der Waals surface area (Å²) in [4.78, 5) is 37.1. The number of aromatic amines is 1. The number of hydrogen-bond acceptors (Lipinski definition) is 4. The molecule has 1 atom stereocenters. The molecule has 1 amide bonds. The van der Waals surface area contributed by atoms with Gasteiger partial charge in [0.15, 0.2) is 5.69 Å². The predicted molar refractivity (Wildman–Crippen MR) is 78.6 cm³/mol. The quantitative estimate of drug-likeness (QED) is 0.856. The predicted octanol–water partition coefficient (Wildman–Crippen LogP) is 0.860. The molecular formula is C15H15N3O4. The molecule has 7 nitrogen and oxygen atoms in total. The van der Waals surface area contributed by atoms with Crippen LogP contribution in [0.15, 0.2) is 29.1 Å². The number of nitrogens with zero attached hydrogens (tertiary/aromatic N) is 2. The number of nitrogens with one attached hydrogen (secondary N) is 1. The van der Waals surface area contributed by atoms with Crippen LogP contribution in [0.1, 0.15) is 23.8 Å². The molecule has 1 unspecified atom stereocenters. The van der Waals surface area contributed by atoms with Crippen molar-refractivity contribution in [2.24, 2.45) is 5.41 Å². The van der Waals surface area contributed by atoms with E-state index in [1.165, 1.54) is 4.90 Å². The minimum atomic E-state index is -0.937. The topological polar surface area (TPSA) is 103 Å². The van der Waals surface area contributed by atoms with Gasteiger partial charge in [-0.15, -0.1) is 0 Å². The summed E-state index contributed by atoms with van der Waals surface area (Å²) in [5.41, 5.74) is -1.15. The lowest BCUT2D eigenvalue weighted by molar-refractivity contribution is -0.147. The number of H-pyrrole nitrogens is 1. The van der Waals surface area contributed by atoms with E-state index in [4.69, 9.17) is 0 Å². The summed E-state index contributed by atoms with van der Waals surface area (Å²) >= 11 is 0. The lowest BCUT2D eigenvalue weighted by Gasteiger charge is -2.20. The minimum Gasteiger partial charge on any atom is -0.481 e. The summed E-state index contributed by atoms with van der Waals surface area (Å²) in [6, 6.07) is 6.73. The van der Waals surface area contributed by atoms with E-state index in [-0.39, 0.29) is 23.7 Å². The van der Waals surface area contributed by atoms with Crippen LogP contribution in [0.4, 0.5) is 0 Å². The number of aliphatic carboxylic acids is 1. The van der Waals surface area contributed by atoms with Crippen LogP contribution in [0.2, 0.25) is 0 Å². The molecule has 22 heavy (non-hydrogen) atoms. The molecule has 2 heterocycles. The molecule has 0 aliphatic carbocycles. The molecule has 1 fully saturated rings. The third kappa shape index (κ3) is 2.14. The van der Waals surface area contributed by atoms with E-state index < -0.39 is 11.4 Å². The maximum absolute atomic E-state index is 12.6. The zero-order chi connectivity index (χ0) is 15.9. The van der Waals surface area contributed by atoms with Gasteiger partial charge in [0, 0.05) is 18.5 Å². The molecule has 1 aliphatic rings. The van der Waals surface area contributed by atoms with Gasteiger partial charge in [-0.2, -0.15) is 5.10 Å². The lowest BCUT2D eigenvalue weighted by atomic mass is 9.90. The fourth-order valence-electron chi connectivity index (χ4n) is 2.74. The molecule has 1 aliphatic heterocycles. The highest BCUT2D eigenvalue weighted by molar-refractivity contribution is 6.05. The number of carbonyl (C=O) groups excluding carboxylic acids is 1. The third-order valence-electron chi connectivity index (χ3n) is 4.18. The smallest absolute Gasteiger partial charge is 0.311 e. The Morgan fingerprint density at radius 3 is 2.64 bits per heavy atom. The Morgan fingerprint density at radius 2 is 2.00 bits per heavy atom. The van der Waals surface area contributed by atoms with Gasteiger partial charge in [-0.3, -0.25) is 14.4 Å². The van der Waals surface area contributed by atoms with Gasteiger partial charge in [-0.05, 0) is 19.4 Å². The van der Waals surface area contributed by atoms with Crippen molar-refractivity contribution in [3.05, 3.63) is 40.3 Å². The van der Waals surface area contributed by atoms with Crippen molar-refractivity contribution in [3.8, 4) is 0 Å². The second-order valence-electron chi connectivity index (χ2n) is 5.79. The average molecular weight is 301 g/mol. The Bertz CT molecular complexity index is 829. The summed E-state index contributed by atoms with van der Waals surface area (Å²) in [6.07, 6.45) is 0.398. The Balaban J connectivity index is 1.99. The van der Waals surface area contributed by atoms with Crippen LogP contribution in [0.5, 0.6) is 0 Å². The Hall–Kier alpha value is -2.70. The van der Waals surface area contributed by atoms with Crippen LogP contribution in [-0.2, 0) is 4.79 Å². The van der Waals surface area contributed by atoms with Gasteiger partial charge < -0.3 is 10.0 Å². The highest BCUT2D eigenvalue weighted by Crippen LogP contribution is 2.31. The van der Waals surface area contributed by atoms with E-state index in [9.17, 15) is 19.5 Å². The van der Waals surface area contributed by atoms with E-state index >= 15 is 0 Å². The van der Waals surface area contributed by atoms with Crippen molar-refractivity contribution in [3.63, 3.8) is 0 Å². The second kappa shape index (κ2) is 4.94. The number of benzene rings is 1. The first-order chi connectivity index (χ1) is 10.4. The van der Waals surface area contributed by atoms with Gasteiger partial charge in [-0.1, -0.05) is 18.2 Å². The molecule has 1 aromatic heterocycles. The fraction of sp³-hybridized carbons (Fsp3) is 0.333. The van der Waals surface area contributed by atoms with Gasteiger partial charge in [-0.25, -0.2) is 5.10 Å². The highest BCUT2D eigenvalue weighted by atomic mass is 16.4. The summed E-state index contributed by atoms with van der Waals surface area (Å²) in [5.74, 6) is -1.28. The average Bonchev–Trinajstić information content (AvgIpc) is 2.91. The van der Waals surface area contributed by atoms with Gasteiger partial charge in [0.2, 0.25) is 0 Å². The number of fused-ring (bicyclic) bond motifs is 1. The van der Waals surface area contributed by atoms with Crippen molar-refractivity contribution in [1.29, 1.82) is 0 Å². The van der Waals surface area contributed by atoms with Crippen molar-refractivity contribution in [2.75, 3.05) is 13.1 Å². The van der Waals surface area contributed by atoms with Crippen molar-refractivity contribution >= 4 is 22.6 Å². The van der Waals surface area contributed by atoms with Crippen LogP contribution in [0.3, 0.4) is 0 Å². The van der Waals surface area contributed by atoms with Crippen LogP contribution >= 0.6 is 0 Å². The third-order valence-corrected chi connectivity index (χ3v) is 4.18. The molecule has 2 aromatic rings. The number of aromatic nitrogens is 2. The Morgan fingerprint density at radius 1 is 1.32 bits per heavy atom. The highest BCUT2D eigenvalue weighted by Gasteiger charge is 2.42. The maximum Gasteiger partial charge on any atom is 0.311 e. The second-order valence-corrected chi connectivity index (χ2v) is 5.79. The van der Waals surface area contributed by atoms with Crippen LogP contribution in [0.25, 0.3) is 10.8 Å². The van der Waals surface area contributed by atoms with Crippen molar-refractivity contribution in [1.82, 2.24) is 15.1 Å². The largest absolute Gasteiger partial charge is 0.481 e. The molecule has 2 N–H and O–H groups in total. The number of carboxylic acids is 1. The first-order valence-electron chi connectivity index (χ1n) is 6.92. The van der Waals surface area contributed by atoms with E-state index in [2.05, 4.69) is 10.2 Å². The van der Waals surface area contributed by atoms with Gasteiger partial charge >= 0.3 is 5.97 Å². The number of carboxylic acid groups (broad SMARTS) is 1. The van der Waals surface area contributed by atoms with Crippen LogP contribution in [0, 0.1) is 5.41 Å². The van der Waals surface area contributed by atoms with E-state index in [1.807, 2.05) is 0 Å². The first-order valence-corrected chi connectivity index (χ1v) is 6.92. The van der Waals surface area contributed by atoms with E-state index in [0.717, 1.165) is 0 Å². The number of likely N-dealkylation sites (tertiary alicyclic amines) is 1. The van der Waals surface area contributed by atoms with Crippen LogP contribution in [-0.4, -0.2) is 45.2 Å². The maximum atomic E-state index is 12.6. The molecule has 7 heteroatoms.